The van der Waals surface area contributed by atoms with Crippen molar-refractivity contribution in [2.75, 3.05) is 0 Å². The molecule has 0 rings (SSSR count). The molecule has 0 atom stereocenters. The van der Waals surface area contributed by atoms with E-state index in [4.69, 9.17) is 0 Å². The summed E-state index contributed by atoms with van der Waals surface area (Å²) in [4.78, 5) is 0. The Kier molecular flexibility index (Phi) is 347. The van der Waals surface area contributed by atoms with Gasteiger partial charge in [-0.2, -0.15) is 0 Å². The summed E-state index contributed by atoms with van der Waals surface area (Å²) in [6.07, 6.45) is 0. The monoisotopic (exact) mass is 400 g/mol. The van der Waals surface area contributed by atoms with Crippen molar-refractivity contribution >= 4 is 76.2 Å². The predicted octanol–water partition coefficient (Wildman–Crippen LogP) is -3.24. The van der Waals surface area contributed by atoms with E-state index in [0.717, 1.165) is 0 Å². The summed E-state index contributed by atoms with van der Waals surface area (Å²) in [5, 5.41) is 0. The molecule has 0 heterocycles. The molecule has 6 radical (unpaired) electrons. The van der Waals surface area contributed by atoms with E-state index in [1.807, 2.05) is 0 Å². The molecule has 0 aromatic rings. The summed E-state index contributed by atoms with van der Waals surface area (Å²) in [6, 6.07) is 0. The van der Waals surface area contributed by atoms with Crippen molar-refractivity contribution in [3.05, 3.63) is 0 Å². The molecule has 6 N–H and O–H groups in total. The Bertz CT molecular complexity index is 6.85. The minimum atomic E-state index is 0. The third-order valence-corrected chi connectivity index (χ3v) is 0. The largest absolute Gasteiger partial charge is 0.412 e. The van der Waals surface area contributed by atoms with Crippen molar-refractivity contribution < 1.29 is 16.4 Å². The van der Waals surface area contributed by atoms with Crippen LogP contribution < -0.4 is 0 Å². The first-order chi connectivity index (χ1) is 0. The van der Waals surface area contributed by atoms with E-state index in [-0.39, 0.29) is 92.6 Å². The molecule has 0 aliphatic carbocycles. The Morgan fingerprint density at radius 3 is 0.600 bits per heavy atom. The molecule has 0 spiro atoms. The van der Waals surface area contributed by atoms with Gasteiger partial charge in [0.25, 0.3) is 0 Å². The normalized spacial score (nSPS) is 0. The standard InChI is InChI=1S/Ba.3H2O.Pb/h;3*1H2;. The molecule has 0 saturated heterocycles. The number of hydrogen-bond acceptors (Lipinski definition) is 0. The molecule has 0 aromatic carbocycles. The molecule has 0 fully saturated rings. The van der Waals surface area contributed by atoms with E-state index in [0.29, 0.717) is 0 Å². The zero-order valence-corrected chi connectivity index (χ0v) is 11.0. The molecular formula is H6BaO3Pb. The fourth-order valence-corrected chi connectivity index (χ4v) is 0. The Balaban J connectivity index is 0. The molecule has 30 valence electrons. The van der Waals surface area contributed by atoms with Crippen LogP contribution in [0.1, 0.15) is 0 Å². The van der Waals surface area contributed by atoms with Crippen molar-refractivity contribution in [2.24, 2.45) is 0 Å². The summed E-state index contributed by atoms with van der Waals surface area (Å²) in [5.74, 6) is 0. The molecule has 0 aromatic heterocycles. The maximum Gasteiger partial charge on any atom is 0 e. The van der Waals surface area contributed by atoms with Gasteiger partial charge >= 0.3 is 0 Å². The molecule has 0 aliphatic heterocycles. The summed E-state index contributed by atoms with van der Waals surface area (Å²) in [7, 11) is 0. The van der Waals surface area contributed by atoms with Crippen LogP contribution in [0.3, 0.4) is 0 Å². The summed E-state index contributed by atoms with van der Waals surface area (Å²) < 4.78 is 0. The maximum absolute atomic E-state index is 0. The van der Waals surface area contributed by atoms with E-state index < -0.39 is 0 Å². The molecule has 3 nitrogen and oxygen atoms in total. The first-order valence-corrected chi connectivity index (χ1v) is 0. The second kappa shape index (κ2) is 32.7. The van der Waals surface area contributed by atoms with Crippen LogP contribution in [-0.4, -0.2) is 92.6 Å². The molecule has 0 aliphatic rings. The molecule has 5 heavy (non-hydrogen) atoms. The van der Waals surface area contributed by atoms with Crippen molar-refractivity contribution in [2.45, 2.75) is 0 Å². The zero-order valence-electron chi connectivity index (χ0n) is 2.71. The Morgan fingerprint density at radius 1 is 0.600 bits per heavy atom. The molecule has 0 unspecified atom stereocenters. The van der Waals surface area contributed by atoms with Crippen LogP contribution in [0.4, 0.5) is 0 Å². The molecule has 0 saturated carbocycles. The van der Waals surface area contributed by atoms with Gasteiger partial charge in [0.2, 0.25) is 0 Å². The van der Waals surface area contributed by atoms with Gasteiger partial charge in [-0.05, 0) is 0 Å². The smallest absolute Gasteiger partial charge is 0 e. The quantitative estimate of drug-likeness (QED) is 0.384. The molecule has 0 amide bonds. The fourth-order valence-electron chi connectivity index (χ4n) is 0. The SMILES string of the molecule is O.O.O.[Ba].[Pb]. The van der Waals surface area contributed by atoms with Gasteiger partial charge in [-0.15, -0.1) is 0 Å². The topological polar surface area (TPSA) is 94.5 Å². The summed E-state index contributed by atoms with van der Waals surface area (Å²) >= 11 is 0. The van der Waals surface area contributed by atoms with E-state index in [2.05, 4.69) is 0 Å². The van der Waals surface area contributed by atoms with Crippen LogP contribution in [-0.2, 0) is 0 Å². The minimum Gasteiger partial charge on any atom is -0.412 e. The molecular weight excluding hydrogens is 393 g/mol. The van der Waals surface area contributed by atoms with Crippen LogP contribution in [0.2, 0.25) is 0 Å². The van der Waals surface area contributed by atoms with Gasteiger partial charge in [0.15, 0.2) is 0 Å². The Labute approximate surface area is 90.7 Å². The third kappa shape index (κ3) is 21.6. The third-order valence-electron chi connectivity index (χ3n) is 0. The van der Waals surface area contributed by atoms with Crippen LogP contribution in [0, 0.1) is 0 Å². The molecule has 0 bridgehead atoms. The van der Waals surface area contributed by atoms with Crippen LogP contribution in [0.5, 0.6) is 0 Å². The second-order valence-corrected chi connectivity index (χ2v) is 0. The van der Waals surface area contributed by atoms with Crippen molar-refractivity contribution in [3.63, 3.8) is 0 Å². The van der Waals surface area contributed by atoms with Crippen molar-refractivity contribution in [1.29, 1.82) is 0 Å². The number of hydrogen-bond donors (Lipinski definition) is 0. The fraction of sp³-hybridized carbons (Fsp3) is 0. The van der Waals surface area contributed by atoms with E-state index in [9.17, 15) is 0 Å². The number of rotatable bonds is 0. The van der Waals surface area contributed by atoms with Gasteiger partial charge in [0.05, 0.1) is 0 Å². The van der Waals surface area contributed by atoms with Crippen molar-refractivity contribution in [3.8, 4) is 0 Å². The average molecular weight is 399 g/mol. The van der Waals surface area contributed by atoms with Gasteiger partial charge < -0.3 is 16.4 Å². The van der Waals surface area contributed by atoms with Crippen LogP contribution in [0.25, 0.3) is 0 Å². The Hall–Kier alpha value is 2.37. The maximum atomic E-state index is 0. The van der Waals surface area contributed by atoms with E-state index in [1.54, 1.807) is 0 Å². The van der Waals surface area contributed by atoms with Crippen molar-refractivity contribution in [1.82, 2.24) is 0 Å². The first-order valence-electron chi connectivity index (χ1n) is 0. The zero-order chi connectivity index (χ0) is 0. The molecule has 5 heteroatoms. The van der Waals surface area contributed by atoms with E-state index >= 15 is 0 Å². The van der Waals surface area contributed by atoms with Gasteiger partial charge in [-0.25, -0.2) is 0 Å². The van der Waals surface area contributed by atoms with Crippen LogP contribution >= 0.6 is 0 Å². The average Bonchev–Trinajstić information content (AvgIpc) is 0. The van der Waals surface area contributed by atoms with E-state index in [1.165, 1.54) is 0 Å². The minimum absolute atomic E-state index is 0. The second-order valence-electron chi connectivity index (χ2n) is 0. The van der Waals surface area contributed by atoms with Gasteiger partial charge in [-0.3, -0.25) is 0 Å². The Morgan fingerprint density at radius 2 is 0.600 bits per heavy atom. The van der Waals surface area contributed by atoms with Gasteiger partial charge in [0, 0.05) is 76.2 Å². The predicted molar refractivity (Wildman–Crippen MR) is 22.3 cm³/mol. The van der Waals surface area contributed by atoms with Crippen LogP contribution in [0.15, 0.2) is 0 Å². The summed E-state index contributed by atoms with van der Waals surface area (Å²) in [5.41, 5.74) is 0. The summed E-state index contributed by atoms with van der Waals surface area (Å²) in [6.45, 7) is 0. The first kappa shape index (κ1) is 53.2. The van der Waals surface area contributed by atoms with Gasteiger partial charge in [0.1, 0.15) is 0 Å². The van der Waals surface area contributed by atoms with Gasteiger partial charge in [-0.1, -0.05) is 0 Å².